The Balaban J connectivity index is 1.65. The highest BCUT2D eigenvalue weighted by Crippen LogP contribution is 2.19. The molecule has 0 saturated heterocycles. The number of nitrogens with zero attached hydrogens (tertiary/aromatic N) is 1. The molecule has 0 bridgehead atoms. The molecule has 0 saturated carbocycles. The number of carbonyl (C=O) groups excluding carboxylic acids is 3. The Bertz CT molecular complexity index is 1220. The van der Waals surface area contributed by atoms with E-state index in [1.54, 1.807) is 12.1 Å². The van der Waals surface area contributed by atoms with E-state index < -0.39 is 33.9 Å². The van der Waals surface area contributed by atoms with Crippen molar-refractivity contribution in [3.63, 3.8) is 0 Å². The Hall–Kier alpha value is -3.73. The molecule has 2 amide bonds. The van der Waals surface area contributed by atoms with Crippen LogP contribution in [0.15, 0.2) is 58.2 Å². The smallest absolute Gasteiger partial charge is 0.341 e. The van der Waals surface area contributed by atoms with Gasteiger partial charge in [0.1, 0.15) is 5.52 Å². The second-order valence-electron chi connectivity index (χ2n) is 6.23. The summed E-state index contributed by atoms with van der Waals surface area (Å²) >= 11 is 0. The van der Waals surface area contributed by atoms with Crippen LogP contribution >= 0.6 is 0 Å². The number of hydrogen-bond acceptors (Lipinski definition) is 8. The van der Waals surface area contributed by atoms with Crippen LogP contribution in [0.1, 0.15) is 24.2 Å². The Morgan fingerprint density at radius 3 is 2.47 bits per heavy atom. The number of rotatable bonds is 6. The first-order valence-electron chi connectivity index (χ1n) is 8.65. The molecule has 30 heavy (non-hydrogen) atoms. The summed E-state index contributed by atoms with van der Waals surface area (Å²) in [7, 11) is -3.98. The first kappa shape index (κ1) is 21.0. The minimum atomic E-state index is -3.98. The zero-order valence-corrected chi connectivity index (χ0v) is 16.7. The van der Waals surface area contributed by atoms with Crippen molar-refractivity contribution in [3.05, 3.63) is 54.4 Å². The summed E-state index contributed by atoms with van der Waals surface area (Å²) in [6.07, 6.45) is 0.0651. The number of amides is 2. The SMILES string of the molecule is CC(=O)NS(=O)(=O)c1ccc(NC(=O)C(C)OC(=O)c2cccc3ocnc23)cc1. The Morgan fingerprint density at radius 1 is 1.10 bits per heavy atom. The van der Waals surface area contributed by atoms with Gasteiger partial charge < -0.3 is 14.5 Å². The van der Waals surface area contributed by atoms with Crippen molar-refractivity contribution in [2.24, 2.45) is 0 Å². The predicted molar refractivity (Wildman–Crippen MR) is 105 cm³/mol. The van der Waals surface area contributed by atoms with Gasteiger partial charge in [0.05, 0.1) is 10.5 Å². The molecule has 0 fully saturated rings. The maximum atomic E-state index is 12.4. The van der Waals surface area contributed by atoms with Crippen LogP contribution in [0.4, 0.5) is 5.69 Å². The standard InChI is InChI=1S/C19H17N3O7S/c1-11(29-19(25)15-4-3-5-16-17(15)20-10-28-16)18(24)21-13-6-8-14(9-7-13)30(26,27)22-12(2)23/h3-11H,1-2H3,(H,21,24)(H,22,23). The van der Waals surface area contributed by atoms with Gasteiger partial charge in [-0.2, -0.15) is 0 Å². The summed E-state index contributed by atoms with van der Waals surface area (Å²) < 4.78 is 36.0. The quantitative estimate of drug-likeness (QED) is 0.563. The second-order valence-corrected chi connectivity index (χ2v) is 7.91. The Kier molecular flexibility index (Phi) is 5.83. The lowest BCUT2D eigenvalue weighted by Gasteiger charge is -2.14. The predicted octanol–water partition coefficient (Wildman–Crippen LogP) is 1.84. The fourth-order valence-corrected chi connectivity index (χ4v) is 3.53. The molecule has 10 nitrogen and oxygen atoms in total. The summed E-state index contributed by atoms with van der Waals surface area (Å²) in [4.78, 5) is 39.5. The zero-order chi connectivity index (χ0) is 21.9. The van der Waals surface area contributed by atoms with Crippen molar-refractivity contribution >= 4 is 44.6 Å². The number of carbonyl (C=O) groups is 3. The number of aromatic nitrogens is 1. The maximum Gasteiger partial charge on any atom is 0.341 e. The average Bonchev–Trinajstić information content (AvgIpc) is 3.16. The third-order valence-electron chi connectivity index (χ3n) is 3.94. The van der Waals surface area contributed by atoms with Gasteiger partial charge >= 0.3 is 5.97 Å². The van der Waals surface area contributed by atoms with Crippen molar-refractivity contribution < 1.29 is 32.0 Å². The number of sulfonamides is 1. The van der Waals surface area contributed by atoms with Crippen LogP contribution in [0.2, 0.25) is 0 Å². The van der Waals surface area contributed by atoms with Gasteiger partial charge in [0, 0.05) is 12.6 Å². The second kappa shape index (κ2) is 8.33. The van der Waals surface area contributed by atoms with Crippen molar-refractivity contribution in [2.75, 3.05) is 5.32 Å². The van der Waals surface area contributed by atoms with E-state index in [4.69, 9.17) is 9.15 Å². The van der Waals surface area contributed by atoms with Gasteiger partial charge in [-0.25, -0.2) is 22.9 Å². The van der Waals surface area contributed by atoms with Crippen molar-refractivity contribution in [2.45, 2.75) is 24.8 Å². The number of oxazole rings is 1. The molecule has 0 aliphatic carbocycles. The van der Waals surface area contributed by atoms with E-state index in [9.17, 15) is 22.8 Å². The van der Waals surface area contributed by atoms with Crippen LogP contribution in [0.5, 0.6) is 0 Å². The topological polar surface area (TPSA) is 145 Å². The summed E-state index contributed by atoms with van der Waals surface area (Å²) in [5.41, 5.74) is 1.18. The Morgan fingerprint density at radius 2 is 1.80 bits per heavy atom. The van der Waals surface area contributed by atoms with Crippen molar-refractivity contribution in [3.8, 4) is 0 Å². The number of para-hydroxylation sites is 1. The van der Waals surface area contributed by atoms with Gasteiger partial charge in [-0.05, 0) is 43.3 Å². The van der Waals surface area contributed by atoms with Gasteiger partial charge in [-0.1, -0.05) is 6.07 Å². The fourth-order valence-electron chi connectivity index (χ4n) is 2.54. The third kappa shape index (κ3) is 4.63. The number of hydrogen-bond donors (Lipinski definition) is 2. The summed E-state index contributed by atoms with van der Waals surface area (Å²) in [5.74, 6) is -2.08. The number of benzene rings is 2. The summed E-state index contributed by atoms with van der Waals surface area (Å²) in [6.45, 7) is 2.48. The van der Waals surface area contributed by atoms with Crippen LogP contribution in [0.25, 0.3) is 11.1 Å². The molecule has 1 atom stereocenters. The molecule has 11 heteroatoms. The molecule has 156 valence electrons. The first-order chi connectivity index (χ1) is 14.2. The molecule has 2 aromatic carbocycles. The number of anilines is 1. The molecule has 3 rings (SSSR count). The first-order valence-corrected chi connectivity index (χ1v) is 10.1. The largest absolute Gasteiger partial charge is 0.449 e. The minimum absolute atomic E-state index is 0.143. The molecule has 0 aliphatic heterocycles. The lowest BCUT2D eigenvalue weighted by molar-refractivity contribution is -0.123. The maximum absolute atomic E-state index is 12.4. The van der Waals surface area contributed by atoms with E-state index in [0.717, 1.165) is 6.92 Å². The third-order valence-corrected chi connectivity index (χ3v) is 5.39. The van der Waals surface area contributed by atoms with E-state index in [2.05, 4.69) is 10.3 Å². The van der Waals surface area contributed by atoms with Crippen LogP contribution in [-0.2, 0) is 24.3 Å². The van der Waals surface area contributed by atoms with Crippen LogP contribution in [0, 0.1) is 0 Å². The van der Waals surface area contributed by atoms with E-state index in [1.807, 2.05) is 4.72 Å². The number of ether oxygens (including phenoxy) is 1. The molecule has 0 spiro atoms. The average molecular weight is 431 g/mol. The van der Waals surface area contributed by atoms with Gasteiger partial charge in [0.25, 0.3) is 15.9 Å². The van der Waals surface area contributed by atoms with Gasteiger partial charge in [-0.15, -0.1) is 0 Å². The highest BCUT2D eigenvalue weighted by atomic mass is 32.2. The van der Waals surface area contributed by atoms with Gasteiger partial charge in [-0.3, -0.25) is 9.59 Å². The molecule has 1 unspecified atom stereocenters. The summed E-state index contributed by atoms with van der Waals surface area (Å²) in [6, 6.07) is 9.89. The normalized spacial score (nSPS) is 12.2. The number of nitrogens with one attached hydrogen (secondary N) is 2. The molecule has 0 aliphatic rings. The fraction of sp³-hybridized carbons (Fsp3) is 0.158. The minimum Gasteiger partial charge on any atom is -0.449 e. The summed E-state index contributed by atoms with van der Waals surface area (Å²) in [5, 5.41) is 2.52. The van der Waals surface area contributed by atoms with Crippen LogP contribution < -0.4 is 10.0 Å². The Labute approximate surface area is 171 Å². The molecular weight excluding hydrogens is 414 g/mol. The molecule has 2 N–H and O–H groups in total. The lowest BCUT2D eigenvalue weighted by Crippen LogP contribution is -2.30. The monoisotopic (exact) mass is 431 g/mol. The van der Waals surface area contributed by atoms with Crippen LogP contribution in [-0.4, -0.2) is 37.3 Å². The molecule has 0 radical (unpaired) electrons. The molecular formula is C19H17N3O7S. The van der Waals surface area contributed by atoms with Crippen molar-refractivity contribution in [1.29, 1.82) is 0 Å². The van der Waals surface area contributed by atoms with Gasteiger partial charge in [0.15, 0.2) is 18.1 Å². The zero-order valence-electron chi connectivity index (χ0n) is 15.9. The van der Waals surface area contributed by atoms with E-state index in [-0.39, 0.29) is 16.1 Å². The molecule has 3 aromatic rings. The lowest BCUT2D eigenvalue weighted by atomic mass is 10.2. The van der Waals surface area contributed by atoms with E-state index in [0.29, 0.717) is 11.1 Å². The molecule has 1 aromatic heterocycles. The number of fused-ring (bicyclic) bond motifs is 1. The highest BCUT2D eigenvalue weighted by molar-refractivity contribution is 7.90. The van der Waals surface area contributed by atoms with Gasteiger partial charge in [0.2, 0.25) is 5.91 Å². The number of esters is 1. The van der Waals surface area contributed by atoms with E-state index >= 15 is 0 Å². The molecule has 1 heterocycles. The van der Waals surface area contributed by atoms with Crippen LogP contribution in [0.3, 0.4) is 0 Å². The van der Waals surface area contributed by atoms with Crippen molar-refractivity contribution in [1.82, 2.24) is 9.71 Å². The van der Waals surface area contributed by atoms with E-state index in [1.165, 1.54) is 43.6 Å². The highest BCUT2D eigenvalue weighted by Gasteiger charge is 2.22.